The molecule has 7 heteroatoms. The Morgan fingerprint density at radius 2 is 2.39 bits per heavy atom. The van der Waals surface area contributed by atoms with Crippen LogP contribution in [0.4, 0.5) is 5.82 Å². The third-order valence-electron chi connectivity index (χ3n) is 2.74. The fraction of sp³-hybridized carbons (Fsp3) is 0.364. The molecule has 0 radical (unpaired) electrons. The number of H-pyrrole nitrogens is 1. The first-order valence-electron chi connectivity index (χ1n) is 5.51. The lowest BCUT2D eigenvalue weighted by Gasteiger charge is -2.06. The van der Waals surface area contributed by atoms with Gasteiger partial charge in [-0.05, 0) is 6.92 Å². The number of nitrogen functional groups attached to an aromatic ring is 1. The summed E-state index contributed by atoms with van der Waals surface area (Å²) in [6.45, 7) is 2.43. The van der Waals surface area contributed by atoms with Crippen LogP contribution in [-0.4, -0.2) is 32.6 Å². The Kier molecular flexibility index (Phi) is 3.31. The van der Waals surface area contributed by atoms with Crippen LogP contribution in [0.2, 0.25) is 0 Å². The molecule has 7 nitrogen and oxygen atoms in total. The summed E-state index contributed by atoms with van der Waals surface area (Å²) in [5.41, 5.74) is 7.06. The number of nitrogens with one attached hydrogen (secondary N) is 1. The maximum atomic E-state index is 11.4. The number of imidazole rings is 2. The van der Waals surface area contributed by atoms with E-state index < -0.39 is 5.97 Å². The molecule has 0 aliphatic heterocycles. The average Bonchev–Trinajstić information content (AvgIpc) is 2.96. The Morgan fingerprint density at radius 1 is 1.61 bits per heavy atom. The summed E-state index contributed by atoms with van der Waals surface area (Å²) in [6, 6.07) is 0. The van der Waals surface area contributed by atoms with Crippen molar-refractivity contribution in [3.8, 4) is 0 Å². The molecule has 0 saturated heterocycles. The molecular formula is C11H15N5O2. The molecule has 0 aromatic carbocycles. The number of hydrogen-bond donors (Lipinski definition) is 2. The van der Waals surface area contributed by atoms with Crippen LogP contribution in [0.1, 0.15) is 22.0 Å². The number of carbonyl (C=O) groups is 1. The molecule has 18 heavy (non-hydrogen) atoms. The van der Waals surface area contributed by atoms with Crippen molar-refractivity contribution in [3.63, 3.8) is 0 Å². The van der Waals surface area contributed by atoms with Gasteiger partial charge in [-0.2, -0.15) is 0 Å². The zero-order valence-electron chi connectivity index (χ0n) is 10.3. The first-order chi connectivity index (χ1) is 8.63. The molecule has 2 aromatic heterocycles. The number of ether oxygens (including phenoxy) is 1. The van der Waals surface area contributed by atoms with Crippen LogP contribution < -0.4 is 5.73 Å². The van der Waals surface area contributed by atoms with Crippen molar-refractivity contribution in [1.82, 2.24) is 19.5 Å². The van der Waals surface area contributed by atoms with Gasteiger partial charge in [-0.15, -0.1) is 0 Å². The zero-order valence-corrected chi connectivity index (χ0v) is 10.3. The SMILES string of the molecule is COC(=O)c1nc(C)n(CCc2cnc[nH]2)c1N. The van der Waals surface area contributed by atoms with Crippen LogP contribution >= 0.6 is 0 Å². The van der Waals surface area contributed by atoms with Gasteiger partial charge in [-0.3, -0.25) is 0 Å². The number of nitrogens with zero attached hydrogens (tertiary/aromatic N) is 3. The minimum atomic E-state index is -0.518. The molecule has 3 N–H and O–H groups in total. The molecule has 0 aliphatic rings. The summed E-state index contributed by atoms with van der Waals surface area (Å²) in [4.78, 5) is 22.5. The monoisotopic (exact) mass is 249 g/mol. The summed E-state index contributed by atoms with van der Waals surface area (Å²) < 4.78 is 6.41. The predicted molar refractivity (Wildman–Crippen MR) is 65.0 cm³/mol. The van der Waals surface area contributed by atoms with Gasteiger partial charge < -0.3 is 20.0 Å². The first kappa shape index (κ1) is 12.2. The van der Waals surface area contributed by atoms with E-state index in [1.165, 1.54) is 7.11 Å². The third-order valence-corrected chi connectivity index (χ3v) is 2.74. The molecule has 0 saturated carbocycles. The number of carbonyl (C=O) groups excluding carboxylic acids is 1. The Hall–Kier alpha value is -2.31. The molecule has 0 amide bonds. The van der Waals surface area contributed by atoms with Crippen molar-refractivity contribution in [3.05, 3.63) is 29.7 Å². The highest BCUT2D eigenvalue weighted by Crippen LogP contribution is 2.15. The van der Waals surface area contributed by atoms with Gasteiger partial charge in [0.15, 0.2) is 5.69 Å². The average molecular weight is 249 g/mol. The maximum Gasteiger partial charge on any atom is 0.360 e. The predicted octanol–water partition coefficient (Wildman–Crippen LogP) is 0.526. The Labute approximate surface area is 104 Å². The van der Waals surface area contributed by atoms with Crippen LogP contribution in [0.3, 0.4) is 0 Å². The van der Waals surface area contributed by atoms with Gasteiger partial charge in [0.1, 0.15) is 11.6 Å². The van der Waals surface area contributed by atoms with Crippen LogP contribution in [0.15, 0.2) is 12.5 Å². The van der Waals surface area contributed by atoms with Gasteiger partial charge in [-0.25, -0.2) is 14.8 Å². The van der Waals surface area contributed by atoms with Crippen molar-refractivity contribution in [2.45, 2.75) is 19.9 Å². The Morgan fingerprint density at radius 3 is 3.00 bits per heavy atom. The Bertz CT molecular complexity index is 544. The van der Waals surface area contributed by atoms with Crippen molar-refractivity contribution in [2.24, 2.45) is 0 Å². The Balaban J connectivity index is 2.18. The van der Waals surface area contributed by atoms with Crippen LogP contribution in [0.25, 0.3) is 0 Å². The number of nitrogens with two attached hydrogens (primary N) is 1. The van der Waals surface area contributed by atoms with Gasteiger partial charge in [-0.1, -0.05) is 0 Å². The van der Waals surface area contributed by atoms with Gasteiger partial charge in [0.05, 0.1) is 13.4 Å². The van der Waals surface area contributed by atoms with E-state index in [-0.39, 0.29) is 5.69 Å². The van der Waals surface area contributed by atoms with Crippen molar-refractivity contribution in [2.75, 3.05) is 12.8 Å². The van der Waals surface area contributed by atoms with Crippen LogP contribution in [0.5, 0.6) is 0 Å². The lowest BCUT2D eigenvalue weighted by atomic mass is 10.3. The van der Waals surface area contributed by atoms with E-state index in [9.17, 15) is 4.79 Å². The molecular weight excluding hydrogens is 234 g/mol. The number of aromatic nitrogens is 4. The number of aromatic amines is 1. The largest absolute Gasteiger partial charge is 0.464 e. The third kappa shape index (κ3) is 2.20. The number of hydrogen-bond acceptors (Lipinski definition) is 5. The van der Waals surface area contributed by atoms with Gasteiger partial charge in [0, 0.05) is 24.9 Å². The second-order valence-corrected chi connectivity index (χ2v) is 3.86. The summed E-state index contributed by atoms with van der Waals surface area (Å²) in [5, 5.41) is 0. The number of rotatable bonds is 4. The van der Waals surface area contributed by atoms with Gasteiger partial charge in [0.25, 0.3) is 0 Å². The molecule has 0 aliphatic carbocycles. The number of esters is 1. The minimum Gasteiger partial charge on any atom is -0.464 e. The first-order valence-corrected chi connectivity index (χ1v) is 5.51. The molecule has 2 rings (SSSR count). The van der Waals surface area contributed by atoms with E-state index in [4.69, 9.17) is 5.73 Å². The topological polar surface area (TPSA) is 98.8 Å². The second kappa shape index (κ2) is 4.91. The van der Waals surface area contributed by atoms with E-state index in [1.807, 2.05) is 0 Å². The summed E-state index contributed by atoms with van der Waals surface area (Å²) in [6.07, 6.45) is 4.12. The van der Waals surface area contributed by atoms with E-state index in [0.717, 1.165) is 12.1 Å². The molecule has 0 atom stereocenters. The summed E-state index contributed by atoms with van der Waals surface area (Å²) in [5.74, 6) is 0.502. The van der Waals surface area contributed by atoms with Crippen molar-refractivity contribution >= 4 is 11.8 Å². The highest BCUT2D eigenvalue weighted by molar-refractivity contribution is 5.92. The summed E-state index contributed by atoms with van der Waals surface area (Å²) in [7, 11) is 1.31. The van der Waals surface area contributed by atoms with E-state index in [0.29, 0.717) is 18.2 Å². The van der Waals surface area contributed by atoms with Gasteiger partial charge in [0.2, 0.25) is 0 Å². The van der Waals surface area contributed by atoms with Crippen LogP contribution in [0, 0.1) is 6.92 Å². The van der Waals surface area contributed by atoms with Crippen molar-refractivity contribution in [1.29, 1.82) is 0 Å². The highest BCUT2D eigenvalue weighted by Gasteiger charge is 2.18. The fourth-order valence-electron chi connectivity index (χ4n) is 1.76. The lowest BCUT2D eigenvalue weighted by Crippen LogP contribution is -2.10. The lowest BCUT2D eigenvalue weighted by molar-refractivity contribution is 0.0595. The molecule has 0 unspecified atom stereocenters. The molecule has 96 valence electrons. The zero-order chi connectivity index (χ0) is 13.1. The summed E-state index contributed by atoms with van der Waals surface area (Å²) >= 11 is 0. The van der Waals surface area contributed by atoms with Crippen molar-refractivity contribution < 1.29 is 9.53 Å². The number of anilines is 1. The number of aryl methyl sites for hydroxylation is 2. The second-order valence-electron chi connectivity index (χ2n) is 3.86. The smallest absolute Gasteiger partial charge is 0.360 e. The number of methoxy groups -OCH3 is 1. The molecule has 2 heterocycles. The van der Waals surface area contributed by atoms with E-state index in [1.54, 1.807) is 24.0 Å². The maximum absolute atomic E-state index is 11.4. The van der Waals surface area contributed by atoms with E-state index >= 15 is 0 Å². The van der Waals surface area contributed by atoms with E-state index in [2.05, 4.69) is 19.7 Å². The normalized spacial score (nSPS) is 10.6. The quantitative estimate of drug-likeness (QED) is 0.770. The standard InChI is InChI=1S/C11H15N5O2/c1-7-15-9(11(17)18-2)10(12)16(7)4-3-8-5-13-6-14-8/h5-6H,3-4,12H2,1-2H3,(H,13,14). The molecule has 0 spiro atoms. The minimum absolute atomic E-state index is 0.166. The molecule has 0 bridgehead atoms. The highest BCUT2D eigenvalue weighted by atomic mass is 16.5. The van der Waals surface area contributed by atoms with Crippen LogP contribution in [-0.2, 0) is 17.7 Å². The molecule has 2 aromatic rings. The van der Waals surface area contributed by atoms with Gasteiger partial charge >= 0.3 is 5.97 Å². The molecule has 0 fully saturated rings. The fourth-order valence-corrected chi connectivity index (χ4v) is 1.76.